The van der Waals surface area contributed by atoms with E-state index >= 15 is 0 Å². The Bertz CT molecular complexity index is 767. The number of benzene rings is 1. The molecule has 7 heteroatoms. The molecule has 0 bridgehead atoms. The summed E-state index contributed by atoms with van der Waals surface area (Å²) >= 11 is 3.46. The van der Waals surface area contributed by atoms with E-state index in [0.29, 0.717) is 25.3 Å². The van der Waals surface area contributed by atoms with Crippen LogP contribution in [-0.4, -0.2) is 27.4 Å². The van der Waals surface area contributed by atoms with Crippen LogP contribution in [0, 0.1) is 0 Å². The lowest BCUT2D eigenvalue weighted by molar-refractivity contribution is 0.292. The maximum atomic E-state index is 12.4. The van der Waals surface area contributed by atoms with Crippen LogP contribution in [0.3, 0.4) is 0 Å². The zero-order valence-electron chi connectivity index (χ0n) is 12.3. The number of nitrogens with one attached hydrogen (secondary N) is 1. The highest BCUT2D eigenvalue weighted by molar-refractivity contribution is 9.10. The summed E-state index contributed by atoms with van der Waals surface area (Å²) in [4.78, 5) is 24.2. The summed E-state index contributed by atoms with van der Waals surface area (Å²) in [7, 11) is 1.46. The van der Waals surface area contributed by atoms with E-state index in [-0.39, 0.29) is 17.9 Å². The molecule has 6 nitrogen and oxygen atoms in total. The number of aliphatic hydroxyl groups is 1. The van der Waals surface area contributed by atoms with Crippen LogP contribution in [0.25, 0.3) is 0 Å². The molecule has 0 radical (unpaired) electrons. The molecule has 0 fully saturated rings. The number of nitrogens with zero attached hydrogens (tertiary/aromatic N) is 2. The SMILES string of the molecule is Cn1c(=O)cc(NCCCO)n(Cc2ccccc2Br)c1=O. The second-order valence-electron chi connectivity index (χ2n) is 4.89. The number of aliphatic hydroxyl groups excluding tert-OH is 1. The standard InChI is InChI=1S/C15H18BrN3O3/c1-18-14(21)9-13(17-7-4-8-20)19(15(18)22)10-11-5-2-3-6-12(11)16/h2-3,5-6,9,17,20H,4,7-8,10H2,1H3. The van der Waals surface area contributed by atoms with Crippen molar-refractivity contribution in [2.45, 2.75) is 13.0 Å². The van der Waals surface area contributed by atoms with Crippen LogP contribution in [0.2, 0.25) is 0 Å². The van der Waals surface area contributed by atoms with Crippen molar-refractivity contribution >= 4 is 21.7 Å². The third-order valence-corrected chi connectivity index (χ3v) is 4.10. The number of hydrogen-bond acceptors (Lipinski definition) is 4. The zero-order chi connectivity index (χ0) is 16.1. The van der Waals surface area contributed by atoms with Crippen molar-refractivity contribution in [1.29, 1.82) is 0 Å². The monoisotopic (exact) mass is 367 g/mol. The third-order valence-electron chi connectivity index (χ3n) is 3.33. The first-order valence-electron chi connectivity index (χ1n) is 6.93. The molecule has 2 N–H and O–H groups in total. The smallest absolute Gasteiger partial charge is 0.332 e. The predicted octanol–water partition coefficient (Wildman–Crippen LogP) is 1.15. The molecule has 118 valence electrons. The Morgan fingerprint density at radius 1 is 1.27 bits per heavy atom. The van der Waals surface area contributed by atoms with E-state index in [0.717, 1.165) is 14.6 Å². The molecular weight excluding hydrogens is 350 g/mol. The molecular formula is C15H18BrN3O3. The van der Waals surface area contributed by atoms with E-state index in [2.05, 4.69) is 21.2 Å². The normalized spacial score (nSPS) is 10.7. The molecule has 0 unspecified atom stereocenters. The van der Waals surface area contributed by atoms with Gasteiger partial charge in [0.15, 0.2) is 0 Å². The first-order chi connectivity index (χ1) is 10.5. The average Bonchev–Trinajstić information content (AvgIpc) is 2.51. The fourth-order valence-corrected chi connectivity index (χ4v) is 2.47. The van der Waals surface area contributed by atoms with Gasteiger partial charge in [-0.1, -0.05) is 34.1 Å². The van der Waals surface area contributed by atoms with Gasteiger partial charge in [0.05, 0.1) is 6.54 Å². The molecule has 22 heavy (non-hydrogen) atoms. The molecule has 1 aromatic heterocycles. The largest absolute Gasteiger partial charge is 0.396 e. The van der Waals surface area contributed by atoms with Crippen molar-refractivity contribution < 1.29 is 5.11 Å². The quantitative estimate of drug-likeness (QED) is 0.751. The maximum absolute atomic E-state index is 12.4. The lowest BCUT2D eigenvalue weighted by Gasteiger charge is -2.16. The minimum absolute atomic E-state index is 0.0479. The van der Waals surface area contributed by atoms with Crippen molar-refractivity contribution in [2.24, 2.45) is 7.05 Å². The summed E-state index contributed by atoms with van der Waals surface area (Å²) < 4.78 is 3.49. The molecule has 1 heterocycles. The van der Waals surface area contributed by atoms with Crippen LogP contribution in [0.4, 0.5) is 5.82 Å². The van der Waals surface area contributed by atoms with Gasteiger partial charge in [-0.15, -0.1) is 0 Å². The topological polar surface area (TPSA) is 76.3 Å². The van der Waals surface area contributed by atoms with Crippen LogP contribution in [0.15, 0.2) is 44.4 Å². The molecule has 0 atom stereocenters. The van der Waals surface area contributed by atoms with Crippen molar-refractivity contribution in [3.63, 3.8) is 0 Å². The molecule has 0 aliphatic heterocycles. The molecule has 2 aromatic rings. The summed E-state index contributed by atoms with van der Waals surface area (Å²) in [6.07, 6.45) is 0.540. The predicted molar refractivity (Wildman–Crippen MR) is 89.4 cm³/mol. The van der Waals surface area contributed by atoms with Gasteiger partial charge in [-0.3, -0.25) is 13.9 Å². The van der Waals surface area contributed by atoms with Crippen LogP contribution < -0.4 is 16.6 Å². The lowest BCUT2D eigenvalue weighted by Crippen LogP contribution is -2.39. The fraction of sp³-hybridized carbons (Fsp3) is 0.333. The third kappa shape index (κ3) is 3.66. The van der Waals surface area contributed by atoms with Gasteiger partial charge in [0.1, 0.15) is 5.82 Å². The van der Waals surface area contributed by atoms with Crippen LogP contribution in [0.1, 0.15) is 12.0 Å². The fourth-order valence-electron chi connectivity index (χ4n) is 2.06. The highest BCUT2D eigenvalue weighted by atomic mass is 79.9. The number of rotatable bonds is 6. The van der Waals surface area contributed by atoms with Crippen LogP contribution >= 0.6 is 15.9 Å². The zero-order valence-corrected chi connectivity index (χ0v) is 13.8. The highest BCUT2D eigenvalue weighted by Crippen LogP contribution is 2.17. The second kappa shape index (κ2) is 7.42. The van der Waals surface area contributed by atoms with Gasteiger partial charge >= 0.3 is 5.69 Å². The summed E-state index contributed by atoms with van der Waals surface area (Å²) in [6.45, 7) is 0.876. The van der Waals surface area contributed by atoms with E-state index in [1.54, 1.807) is 0 Å². The van der Waals surface area contributed by atoms with Crippen molar-refractivity contribution in [3.05, 3.63) is 61.2 Å². The molecule has 0 amide bonds. The van der Waals surface area contributed by atoms with Gasteiger partial charge in [0.25, 0.3) is 5.56 Å². The van der Waals surface area contributed by atoms with E-state index in [1.165, 1.54) is 17.7 Å². The van der Waals surface area contributed by atoms with E-state index < -0.39 is 0 Å². The van der Waals surface area contributed by atoms with E-state index in [4.69, 9.17) is 5.11 Å². The number of anilines is 1. The lowest BCUT2D eigenvalue weighted by atomic mass is 10.2. The Labute approximate surface area is 136 Å². The molecule has 0 saturated heterocycles. The average molecular weight is 368 g/mol. The molecule has 1 aromatic carbocycles. The Morgan fingerprint density at radius 3 is 2.68 bits per heavy atom. The van der Waals surface area contributed by atoms with Gasteiger partial charge in [-0.05, 0) is 18.1 Å². The first-order valence-corrected chi connectivity index (χ1v) is 7.73. The van der Waals surface area contributed by atoms with E-state index in [1.807, 2.05) is 24.3 Å². The second-order valence-corrected chi connectivity index (χ2v) is 5.75. The van der Waals surface area contributed by atoms with Gasteiger partial charge in [-0.25, -0.2) is 4.79 Å². The van der Waals surface area contributed by atoms with Crippen molar-refractivity contribution in [2.75, 3.05) is 18.5 Å². The molecule has 0 spiro atoms. The van der Waals surface area contributed by atoms with Crippen LogP contribution in [-0.2, 0) is 13.6 Å². The van der Waals surface area contributed by atoms with E-state index in [9.17, 15) is 9.59 Å². The summed E-state index contributed by atoms with van der Waals surface area (Å²) in [5.41, 5.74) is 0.197. The minimum Gasteiger partial charge on any atom is -0.396 e. The number of aromatic nitrogens is 2. The Kier molecular flexibility index (Phi) is 5.57. The van der Waals surface area contributed by atoms with Gasteiger partial charge < -0.3 is 10.4 Å². The first kappa shape index (κ1) is 16.5. The number of hydrogen-bond donors (Lipinski definition) is 2. The molecule has 0 saturated carbocycles. The molecule has 0 aliphatic rings. The minimum atomic E-state index is -0.380. The van der Waals surface area contributed by atoms with Crippen molar-refractivity contribution in [3.8, 4) is 0 Å². The Balaban J connectivity index is 2.43. The van der Waals surface area contributed by atoms with Gasteiger partial charge in [0.2, 0.25) is 0 Å². The molecule has 0 aliphatic carbocycles. The van der Waals surface area contributed by atoms with Crippen molar-refractivity contribution in [1.82, 2.24) is 9.13 Å². The Hall–Kier alpha value is -1.86. The summed E-state index contributed by atoms with van der Waals surface area (Å²) in [6, 6.07) is 9.01. The summed E-state index contributed by atoms with van der Waals surface area (Å²) in [5.74, 6) is 0.456. The van der Waals surface area contributed by atoms with Crippen LogP contribution in [0.5, 0.6) is 0 Å². The highest BCUT2D eigenvalue weighted by Gasteiger charge is 2.10. The van der Waals surface area contributed by atoms with Gasteiger partial charge in [0, 0.05) is 30.7 Å². The van der Waals surface area contributed by atoms with Gasteiger partial charge in [-0.2, -0.15) is 0 Å². The number of halogens is 1. The molecule has 2 rings (SSSR count). The maximum Gasteiger partial charge on any atom is 0.332 e. The Morgan fingerprint density at radius 2 is 2.00 bits per heavy atom. The summed E-state index contributed by atoms with van der Waals surface area (Å²) in [5, 5.41) is 11.9.